The van der Waals surface area contributed by atoms with Gasteiger partial charge in [-0.1, -0.05) is 70.2 Å². The molecule has 14 heteroatoms. The predicted molar refractivity (Wildman–Crippen MR) is 222 cm³/mol. The van der Waals surface area contributed by atoms with Crippen LogP contribution in [0.1, 0.15) is 73.1 Å². The molecule has 2 fully saturated rings. The number of benzene rings is 3. The van der Waals surface area contributed by atoms with Crippen LogP contribution in [0.3, 0.4) is 0 Å². The molecule has 4 aromatic rings. The molecule has 308 valence electrons. The summed E-state index contributed by atoms with van der Waals surface area (Å²) in [4.78, 5) is 76.9. The number of H-pyrrole nitrogens is 1. The number of rotatable bonds is 11. The summed E-state index contributed by atoms with van der Waals surface area (Å²) < 4.78 is 9.51. The van der Waals surface area contributed by atoms with Gasteiger partial charge in [0.05, 0.1) is 25.5 Å². The van der Waals surface area contributed by atoms with E-state index in [-0.39, 0.29) is 29.6 Å². The largest absolute Gasteiger partial charge is 0.453 e. The molecule has 4 atom stereocenters. The van der Waals surface area contributed by atoms with Crippen molar-refractivity contribution in [1.82, 2.24) is 30.4 Å². The molecule has 3 heterocycles. The zero-order valence-corrected chi connectivity index (χ0v) is 34.6. The third-order valence-electron chi connectivity index (χ3n) is 11.8. The van der Waals surface area contributed by atoms with Crippen molar-refractivity contribution in [2.24, 2.45) is 11.8 Å². The third-order valence-corrected chi connectivity index (χ3v) is 11.8. The fourth-order valence-corrected chi connectivity index (χ4v) is 8.20. The van der Waals surface area contributed by atoms with E-state index in [1.54, 1.807) is 11.8 Å². The minimum Gasteiger partial charge on any atom is -0.453 e. The first-order valence-corrected chi connectivity index (χ1v) is 19.9. The third kappa shape index (κ3) is 8.23. The molecule has 58 heavy (non-hydrogen) atoms. The van der Waals surface area contributed by atoms with Crippen LogP contribution >= 0.6 is 0 Å². The molecule has 0 unspecified atom stereocenters. The van der Waals surface area contributed by atoms with Crippen LogP contribution in [0.5, 0.6) is 0 Å². The number of amides is 5. The van der Waals surface area contributed by atoms with E-state index in [0.29, 0.717) is 37.4 Å². The number of imidazole rings is 1. The Labute approximate surface area is 339 Å². The lowest BCUT2D eigenvalue weighted by atomic mass is 9.94. The van der Waals surface area contributed by atoms with E-state index in [1.807, 2.05) is 88.2 Å². The van der Waals surface area contributed by atoms with Gasteiger partial charge in [0.1, 0.15) is 23.4 Å². The van der Waals surface area contributed by atoms with Gasteiger partial charge in [-0.25, -0.2) is 14.6 Å². The van der Waals surface area contributed by atoms with Crippen LogP contribution in [0.25, 0.3) is 33.2 Å². The van der Waals surface area contributed by atoms with Gasteiger partial charge >= 0.3 is 12.2 Å². The van der Waals surface area contributed by atoms with E-state index < -0.39 is 35.3 Å². The van der Waals surface area contributed by atoms with Crippen molar-refractivity contribution in [1.29, 1.82) is 0 Å². The quantitative estimate of drug-likeness (QED) is 0.128. The van der Waals surface area contributed by atoms with Crippen LogP contribution < -0.4 is 16.0 Å². The lowest BCUT2D eigenvalue weighted by Crippen LogP contribution is -2.59. The first-order valence-electron chi connectivity index (χ1n) is 19.9. The summed E-state index contributed by atoms with van der Waals surface area (Å²) in [5.74, 6) is -0.393. The van der Waals surface area contributed by atoms with Crippen LogP contribution in [0.2, 0.25) is 0 Å². The highest BCUT2D eigenvalue weighted by atomic mass is 16.5. The number of fused-ring (bicyclic) bond motifs is 1. The van der Waals surface area contributed by atoms with E-state index >= 15 is 0 Å². The van der Waals surface area contributed by atoms with Crippen LogP contribution in [-0.4, -0.2) is 94.6 Å². The number of carbonyl (C=O) groups is 5. The zero-order valence-electron chi connectivity index (χ0n) is 34.6. The Morgan fingerprint density at radius 3 is 1.86 bits per heavy atom. The maximum Gasteiger partial charge on any atom is 0.407 e. The molecule has 14 nitrogen and oxygen atoms in total. The SMILES string of the molecule is COC(=O)N[C@H](C(=O)N1CCC[C@@]1(C)C(=O)Nc1ccc2cc(-c3ccc(-c4c[nH]c([C@]5(C)CCCN5C(=O)[C@@H](NC(=O)OC)C(C)C)n4)cc3)ccc2c1)C(C)C. The maximum absolute atomic E-state index is 13.8. The van der Waals surface area contributed by atoms with Gasteiger partial charge in [-0.2, -0.15) is 0 Å². The molecule has 0 spiro atoms. The van der Waals surface area contributed by atoms with Crippen LogP contribution in [0, 0.1) is 11.8 Å². The van der Waals surface area contributed by atoms with Crippen LogP contribution in [-0.2, 0) is 29.4 Å². The summed E-state index contributed by atoms with van der Waals surface area (Å²) in [7, 11) is 2.54. The first kappa shape index (κ1) is 41.7. The highest BCUT2D eigenvalue weighted by Crippen LogP contribution is 2.39. The van der Waals surface area contributed by atoms with E-state index in [9.17, 15) is 24.0 Å². The maximum atomic E-state index is 13.8. The number of carbonyl (C=O) groups excluding carboxylic acids is 5. The van der Waals surface area contributed by atoms with Crippen molar-refractivity contribution in [3.8, 4) is 22.4 Å². The second-order valence-electron chi connectivity index (χ2n) is 16.4. The fraction of sp³-hybridized carbons (Fsp3) is 0.455. The summed E-state index contributed by atoms with van der Waals surface area (Å²) >= 11 is 0. The number of likely N-dealkylation sites (tertiary alicyclic amines) is 2. The van der Waals surface area contributed by atoms with Crippen molar-refractivity contribution in [3.05, 3.63) is 72.7 Å². The average molecular weight is 794 g/mol. The molecule has 3 aromatic carbocycles. The molecule has 0 saturated carbocycles. The van der Waals surface area contributed by atoms with Gasteiger partial charge in [0.2, 0.25) is 17.7 Å². The number of ether oxygens (including phenoxy) is 2. The summed E-state index contributed by atoms with van der Waals surface area (Å²) in [5.41, 5.74) is 2.62. The number of nitrogens with zero attached hydrogens (tertiary/aromatic N) is 3. The van der Waals surface area contributed by atoms with Gasteiger partial charge in [0.15, 0.2) is 0 Å². The Kier molecular flexibility index (Phi) is 12.1. The van der Waals surface area contributed by atoms with E-state index in [4.69, 9.17) is 14.5 Å². The van der Waals surface area contributed by atoms with Crippen molar-refractivity contribution >= 4 is 46.4 Å². The summed E-state index contributed by atoms with van der Waals surface area (Å²) in [5, 5.41) is 10.3. The van der Waals surface area contributed by atoms with E-state index in [0.717, 1.165) is 46.0 Å². The van der Waals surface area contributed by atoms with Gasteiger partial charge in [-0.3, -0.25) is 14.4 Å². The number of anilines is 1. The topological polar surface area (TPSA) is 175 Å². The average Bonchev–Trinajstić information content (AvgIpc) is 3.97. The summed E-state index contributed by atoms with van der Waals surface area (Å²) in [6.45, 7) is 12.2. The first-order chi connectivity index (χ1) is 27.6. The Morgan fingerprint density at radius 1 is 0.707 bits per heavy atom. The highest BCUT2D eigenvalue weighted by Gasteiger charge is 2.48. The van der Waals surface area contributed by atoms with Crippen molar-refractivity contribution in [2.45, 2.75) is 90.4 Å². The molecule has 1 aromatic heterocycles. The summed E-state index contributed by atoms with van der Waals surface area (Å²) in [6, 6.07) is 18.5. The Bertz CT molecular complexity index is 2180. The van der Waals surface area contributed by atoms with Gasteiger partial charge in [0.25, 0.3) is 0 Å². The number of methoxy groups -OCH3 is 2. The number of alkyl carbamates (subject to hydrolysis) is 2. The highest BCUT2D eigenvalue weighted by molar-refractivity contribution is 6.03. The number of aromatic amines is 1. The molecule has 2 aliphatic rings. The second-order valence-corrected chi connectivity index (χ2v) is 16.4. The fourth-order valence-electron chi connectivity index (χ4n) is 8.20. The zero-order chi connectivity index (χ0) is 41.9. The van der Waals surface area contributed by atoms with Crippen molar-refractivity contribution in [2.75, 3.05) is 32.6 Å². The summed E-state index contributed by atoms with van der Waals surface area (Å²) in [6.07, 6.45) is 3.25. The van der Waals surface area contributed by atoms with Gasteiger partial charge in [0, 0.05) is 30.5 Å². The number of hydrogen-bond donors (Lipinski definition) is 4. The van der Waals surface area contributed by atoms with E-state index in [1.165, 1.54) is 14.2 Å². The predicted octanol–water partition coefficient (Wildman–Crippen LogP) is 6.82. The molecule has 0 bridgehead atoms. The lowest BCUT2D eigenvalue weighted by molar-refractivity contribution is -0.144. The standard InChI is InChI=1S/C44H55N7O7/c1-26(2)35(48-41(55)57-7)37(52)50-21-9-19-43(50,5)39-45-25-34(47-39)29-13-11-28(12-14-29)30-15-16-32-24-33(18-17-31(32)23-30)46-40(54)44(6)20-10-22-51(44)38(53)36(27(3)4)49-42(56)58-8/h11-18,23-27,35-36H,9-10,19-22H2,1-8H3,(H,45,47)(H,46,54)(H,48,55)(H,49,56)/t35-,36-,43-,44-/m0/s1. The molecular formula is C44H55N7O7. The van der Waals surface area contributed by atoms with Gasteiger partial charge in [-0.15, -0.1) is 0 Å². The molecule has 0 aliphatic carbocycles. The van der Waals surface area contributed by atoms with Crippen molar-refractivity contribution < 1.29 is 33.4 Å². The van der Waals surface area contributed by atoms with Crippen molar-refractivity contribution in [3.63, 3.8) is 0 Å². The van der Waals surface area contributed by atoms with Crippen LogP contribution in [0.4, 0.5) is 15.3 Å². The number of aromatic nitrogens is 2. The normalized spacial score (nSPS) is 20.2. The molecule has 2 aliphatic heterocycles. The van der Waals surface area contributed by atoms with Gasteiger partial charge in [-0.05, 0) is 91.5 Å². The molecule has 2 saturated heterocycles. The molecule has 4 N–H and O–H groups in total. The van der Waals surface area contributed by atoms with E-state index in [2.05, 4.69) is 39.1 Å². The molecular weight excluding hydrogens is 739 g/mol. The minimum absolute atomic E-state index is 0.129. The second kappa shape index (κ2) is 16.9. The smallest absolute Gasteiger partial charge is 0.407 e. The van der Waals surface area contributed by atoms with Crippen LogP contribution in [0.15, 0.2) is 66.9 Å². The molecule has 6 rings (SSSR count). The number of nitrogens with one attached hydrogen (secondary N) is 4. The molecule has 5 amide bonds. The molecule has 0 radical (unpaired) electrons. The Hall–Kier alpha value is -5.92. The number of hydrogen-bond acceptors (Lipinski definition) is 8. The Morgan fingerprint density at radius 2 is 1.24 bits per heavy atom. The minimum atomic E-state index is -1.08. The lowest BCUT2D eigenvalue weighted by Gasteiger charge is -2.37. The monoisotopic (exact) mass is 793 g/mol. The Balaban J connectivity index is 1.14. The van der Waals surface area contributed by atoms with Gasteiger partial charge < -0.3 is 40.2 Å².